The molecule has 12 aromatic heterocycles. The SMILES string of the molecule is CCc1ccnc(-c2[c-]ccc(-c3ccccn3)c2)c1.Cc1ccnc(-c2[c-]ccc(-c3ccccn3)c2)c1.[2H]C([2H])([2H])c1ccc(-c2[c-]ccc(-c3ccccn3)c2)nc1.[2H]C([2H])([2H])c1ccc(-c2[c-]cccc2)nc1.[2H]C([2H])([2H])c1ccc(-c2[c-]cccc2)nc1.[2H]C([2H])([2H])c1ccc(-c2[c-]cccc2)nc1.[2H]C([2H])([2H])c1ccc(-c2[c-]cccc2)nc1.[2H]C([2H])([2H])c1ccnc(-c2[c-]ccc(-c3ccccn3)c2)c1.[Ir].[Ir].[Ir].[Ir]. The molecule has 0 bridgehead atoms. The maximum atomic E-state index is 7.49. The molecule has 12 nitrogen and oxygen atoms in total. The summed E-state index contributed by atoms with van der Waals surface area (Å²) in [6.45, 7) is -8.43. The van der Waals surface area contributed by atoms with Crippen LogP contribution in [0.3, 0.4) is 0 Å². The van der Waals surface area contributed by atoms with Gasteiger partial charge in [-0.3, -0.25) is 19.9 Å². The van der Waals surface area contributed by atoms with Crippen molar-refractivity contribution in [3.8, 4) is 135 Å². The van der Waals surface area contributed by atoms with Crippen LogP contribution in [0.4, 0.5) is 0 Å². The van der Waals surface area contributed by atoms with Crippen LogP contribution in [0.5, 0.6) is 0 Å². The molecule has 12 heterocycles. The summed E-state index contributed by atoms with van der Waals surface area (Å²) in [6, 6.07) is 129. The molecule has 0 saturated heterocycles. The Kier molecular flexibility index (Phi) is 32.9. The summed E-state index contributed by atoms with van der Waals surface area (Å²) < 4.78 is 131. The largest absolute Gasteiger partial charge is 0.305 e. The average Bonchev–Trinajstić information content (AvgIpc) is 0.810. The number of nitrogens with zero attached hydrogens (tertiary/aromatic N) is 12. The van der Waals surface area contributed by atoms with Gasteiger partial charge in [0.1, 0.15) is 0 Å². The van der Waals surface area contributed by atoms with Crippen molar-refractivity contribution in [2.45, 2.75) is 61.4 Å². The molecular weight excluding hydrogens is 2340 g/mol. The van der Waals surface area contributed by atoms with E-state index in [0.29, 0.717) is 11.4 Å². The molecule has 133 heavy (non-hydrogen) atoms. The molecule has 0 spiro atoms. The predicted octanol–water partition coefficient (Wildman–Crippen LogP) is 27.3. The van der Waals surface area contributed by atoms with Crippen molar-refractivity contribution in [1.29, 1.82) is 0 Å². The van der Waals surface area contributed by atoms with Crippen LogP contribution in [0.2, 0.25) is 0 Å². The molecule has 0 aliphatic heterocycles. The number of hydrogen-bond acceptors (Lipinski definition) is 12. The van der Waals surface area contributed by atoms with Gasteiger partial charge in [0.2, 0.25) is 0 Å². The van der Waals surface area contributed by atoms with Gasteiger partial charge in [-0.1, -0.05) is 149 Å². The van der Waals surface area contributed by atoms with E-state index in [-0.39, 0.29) is 114 Å². The van der Waals surface area contributed by atoms with Gasteiger partial charge >= 0.3 is 0 Å². The zero-order chi connectivity index (χ0) is 104. The fourth-order valence-electron chi connectivity index (χ4n) is 12.3. The number of benzene rings is 8. The second-order valence-corrected chi connectivity index (χ2v) is 28.1. The van der Waals surface area contributed by atoms with Crippen molar-refractivity contribution >= 4 is 0 Å². The molecule has 666 valence electrons. The maximum Gasteiger partial charge on any atom is 0.0518 e. The molecule has 20 aromatic rings. The quantitative estimate of drug-likeness (QED) is 0.101. The third-order valence-electron chi connectivity index (χ3n) is 18.8. The summed E-state index contributed by atoms with van der Waals surface area (Å²) in [4.78, 5) is 51.2. The summed E-state index contributed by atoms with van der Waals surface area (Å²) in [7, 11) is 0. The van der Waals surface area contributed by atoms with Crippen molar-refractivity contribution in [2.24, 2.45) is 0 Å². The topological polar surface area (TPSA) is 155 Å². The zero-order valence-electron chi connectivity index (χ0n) is 89.7. The van der Waals surface area contributed by atoms with Crippen molar-refractivity contribution in [3.63, 3.8) is 0 Å². The van der Waals surface area contributed by atoms with Gasteiger partial charge < -0.3 is 39.9 Å². The Morgan fingerprint density at radius 3 is 0.699 bits per heavy atom. The molecular formula is C117H94Ir4N12-8. The van der Waals surface area contributed by atoms with E-state index in [9.17, 15) is 0 Å². The summed E-state index contributed by atoms with van der Waals surface area (Å²) in [5.74, 6) is 0. The van der Waals surface area contributed by atoms with Gasteiger partial charge in [-0.05, 0) is 195 Å². The van der Waals surface area contributed by atoms with E-state index in [4.69, 9.17) is 24.7 Å². The average molecular weight is 2460 g/mol. The van der Waals surface area contributed by atoms with E-state index in [2.05, 4.69) is 146 Å². The smallest absolute Gasteiger partial charge is 0.0518 e. The number of rotatable bonds is 13. The van der Waals surface area contributed by atoms with Gasteiger partial charge in [0.05, 0.1) is 22.8 Å². The summed E-state index contributed by atoms with van der Waals surface area (Å²) in [6.07, 6.45) is 20.3. The van der Waals surface area contributed by atoms with Gasteiger partial charge in [0.15, 0.2) is 0 Å². The summed E-state index contributed by atoms with van der Waals surface area (Å²) in [5.41, 5.74) is 24.8. The van der Waals surface area contributed by atoms with Gasteiger partial charge in [0.25, 0.3) is 0 Å². The normalized spacial score (nSPS) is 12.5. The van der Waals surface area contributed by atoms with Gasteiger partial charge in [-0.2, -0.15) is 0 Å². The molecule has 0 atom stereocenters. The molecule has 0 amide bonds. The maximum absolute atomic E-state index is 7.49. The Balaban J connectivity index is 0.000000191. The van der Waals surface area contributed by atoms with E-state index < -0.39 is 41.1 Å². The third-order valence-corrected chi connectivity index (χ3v) is 18.8. The van der Waals surface area contributed by atoms with E-state index >= 15 is 0 Å². The number of aromatic nitrogens is 12. The number of hydrogen-bond donors (Lipinski definition) is 0. The van der Waals surface area contributed by atoms with E-state index in [1.54, 1.807) is 116 Å². The minimum Gasteiger partial charge on any atom is -0.305 e. The Bertz CT molecular complexity index is 7120. The van der Waals surface area contributed by atoms with Crippen LogP contribution in [0.1, 0.15) is 76.1 Å². The monoisotopic (exact) mass is 2460 g/mol. The first-order valence-electron chi connectivity index (χ1n) is 49.9. The van der Waals surface area contributed by atoms with E-state index in [1.165, 1.54) is 54.4 Å². The van der Waals surface area contributed by atoms with Crippen LogP contribution < -0.4 is 0 Å². The first-order valence-corrected chi connectivity index (χ1v) is 40.9. The Labute approximate surface area is 862 Å². The van der Waals surface area contributed by atoms with Crippen molar-refractivity contribution < 1.29 is 105 Å². The molecule has 0 saturated carbocycles. The Morgan fingerprint density at radius 1 is 0.195 bits per heavy atom. The van der Waals surface area contributed by atoms with Crippen molar-refractivity contribution in [2.75, 3.05) is 0 Å². The van der Waals surface area contributed by atoms with Gasteiger partial charge in [0, 0.05) is 179 Å². The molecule has 4 radical (unpaired) electrons. The second kappa shape index (κ2) is 55.4. The number of aryl methyl sites for hydroxylation is 8. The summed E-state index contributed by atoms with van der Waals surface area (Å²) in [5, 5.41) is 0. The third kappa shape index (κ3) is 32.9. The van der Waals surface area contributed by atoms with Crippen molar-refractivity contribution in [3.05, 3.63) is 507 Å². The van der Waals surface area contributed by atoms with Crippen LogP contribution in [0.25, 0.3) is 135 Å². The van der Waals surface area contributed by atoms with Crippen LogP contribution in [0.15, 0.2) is 414 Å². The molecule has 20 rings (SSSR count). The standard InChI is InChI=1S/C18H15N2.3C17H13N2.4C12H10N.4Ir/c1-2-14-9-11-20-18(12-14)16-7-5-6-15(13-16)17-8-3-4-10-19-17;1-13-8-9-17(19-12-13)15-6-4-5-14(11-15)16-7-2-3-10-18-16;2*1-13-8-10-19-17(11-13)15-6-4-5-14(12-15)16-7-2-3-9-18-16;4*1-10-7-8-12(13-9-10)11-5-3-2-4-6-11;;;;/h3-6,8-13H,2H2,1H3;3*2-5,7-12H,1H3;4*2-5,7-9H,1H3;;;;/q8*-1;;;;/i;2*1D3;;4*1D3;;;;. The number of pyridine rings is 12. The fourth-order valence-corrected chi connectivity index (χ4v) is 12.3. The summed E-state index contributed by atoms with van der Waals surface area (Å²) >= 11 is 0. The minimum atomic E-state index is -2.14. The molecule has 8 aromatic carbocycles. The van der Waals surface area contributed by atoms with Crippen LogP contribution in [0, 0.1) is 96.6 Å². The minimum absolute atomic E-state index is 0. The molecule has 0 aliphatic carbocycles. The molecule has 0 aliphatic rings. The second-order valence-electron chi connectivity index (χ2n) is 28.1. The first kappa shape index (κ1) is 79.0. The fraction of sp³-hybridized carbons (Fsp3) is 0.0769. The molecule has 0 N–H and O–H groups in total. The Morgan fingerprint density at radius 2 is 0.444 bits per heavy atom. The molecule has 0 unspecified atom stereocenters. The zero-order valence-corrected chi connectivity index (χ0v) is 81.2. The Hall–Kier alpha value is -13.8. The molecule has 16 heteroatoms. The van der Waals surface area contributed by atoms with Gasteiger partial charge in [-0.15, -0.1) is 263 Å². The van der Waals surface area contributed by atoms with Gasteiger partial charge in [-0.25, -0.2) is 0 Å². The predicted molar refractivity (Wildman–Crippen MR) is 524 cm³/mol. The van der Waals surface area contributed by atoms with Crippen LogP contribution in [-0.4, -0.2) is 59.8 Å². The van der Waals surface area contributed by atoms with E-state index in [0.717, 1.165) is 130 Å². The van der Waals surface area contributed by atoms with Crippen LogP contribution >= 0.6 is 0 Å². The first-order chi connectivity index (χ1) is 70.6. The van der Waals surface area contributed by atoms with Crippen molar-refractivity contribution in [1.82, 2.24) is 59.8 Å². The van der Waals surface area contributed by atoms with E-state index in [1.807, 2.05) is 231 Å². The molecule has 0 fully saturated rings. The van der Waals surface area contributed by atoms with Crippen LogP contribution in [-0.2, 0) is 86.8 Å².